The third-order valence-electron chi connectivity index (χ3n) is 3.99. The molecule has 0 saturated heterocycles. The lowest BCUT2D eigenvalue weighted by Crippen LogP contribution is -2.34. The molecule has 1 heterocycles. The van der Waals surface area contributed by atoms with Gasteiger partial charge in [-0.25, -0.2) is 0 Å². The van der Waals surface area contributed by atoms with Crippen LogP contribution in [0.1, 0.15) is 57.7 Å². The van der Waals surface area contributed by atoms with Gasteiger partial charge < -0.3 is 5.32 Å². The van der Waals surface area contributed by atoms with E-state index in [2.05, 4.69) is 17.3 Å². The van der Waals surface area contributed by atoms with Crippen LogP contribution in [0.25, 0.3) is 0 Å². The van der Waals surface area contributed by atoms with Crippen molar-refractivity contribution in [3.63, 3.8) is 0 Å². The number of carbonyl (C=O) groups excluding carboxylic acids is 1. The Hall–Kier alpha value is -1.32. The quantitative estimate of drug-likeness (QED) is 0.842. The second kappa shape index (κ2) is 5.12. The van der Waals surface area contributed by atoms with Crippen molar-refractivity contribution in [2.75, 3.05) is 0 Å². The van der Waals surface area contributed by atoms with Crippen LogP contribution in [0.3, 0.4) is 0 Å². The first-order valence-electron chi connectivity index (χ1n) is 6.88. The molecule has 1 aromatic rings. The molecule has 0 aromatic carbocycles. The predicted molar refractivity (Wildman–Crippen MR) is 71.0 cm³/mol. The molecular formula is C14H23N3O. The van der Waals surface area contributed by atoms with E-state index in [1.807, 2.05) is 24.7 Å². The van der Waals surface area contributed by atoms with Crippen LogP contribution in [-0.2, 0) is 11.8 Å². The molecule has 4 heteroatoms. The van der Waals surface area contributed by atoms with Crippen LogP contribution in [0, 0.1) is 5.41 Å². The van der Waals surface area contributed by atoms with Crippen LogP contribution in [0.4, 0.5) is 0 Å². The normalized spacial score (nSPS) is 18.4. The molecular weight excluding hydrogens is 226 g/mol. The van der Waals surface area contributed by atoms with Gasteiger partial charge in [-0.15, -0.1) is 0 Å². The summed E-state index contributed by atoms with van der Waals surface area (Å²) in [5.74, 6) is 0.227. The Morgan fingerprint density at radius 3 is 2.83 bits per heavy atom. The molecule has 0 radical (unpaired) electrons. The summed E-state index contributed by atoms with van der Waals surface area (Å²) in [6.45, 7) is 4.19. The van der Waals surface area contributed by atoms with Crippen molar-refractivity contribution in [3.8, 4) is 0 Å². The fourth-order valence-electron chi connectivity index (χ4n) is 2.49. The van der Waals surface area contributed by atoms with Crippen LogP contribution < -0.4 is 5.32 Å². The molecule has 100 valence electrons. The molecule has 18 heavy (non-hydrogen) atoms. The molecule has 1 unspecified atom stereocenters. The van der Waals surface area contributed by atoms with Crippen LogP contribution in [0.15, 0.2) is 12.3 Å². The highest BCUT2D eigenvalue weighted by Gasteiger charge is 2.49. The first-order valence-corrected chi connectivity index (χ1v) is 6.88. The fourth-order valence-corrected chi connectivity index (χ4v) is 2.49. The zero-order chi connectivity index (χ0) is 13.2. The third kappa shape index (κ3) is 2.57. The number of aryl methyl sites for hydroxylation is 1. The summed E-state index contributed by atoms with van der Waals surface area (Å²) in [5.41, 5.74) is 0.998. The molecule has 1 fully saturated rings. The number of nitrogens with one attached hydrogen (secondary N) is 1. The lowest BCUT2D eigenvalue weighted by atomic mass is 9.97. The highest BCUT2D eigenvalue weighted by atomic mass is 16.2. The maximum absolute atomic E-state index is 12.3. The summed E-state index contributed by atoms with van der Waals surface area (Å²) in [5, 5.41) is 7.27. The summed E-state index contributed by atoms with van der Waals surface area (Å²) in [6, 6.07) is 1.99. The number of amides is 1. The highest BCUT2D eigenvalue weighted by Crippen LogP contribution is 2.50. The van der Waals surface area contributed by atoms with Gasteiger partial charge >= 0.3 is 0 Å². The molecule has 0 bridgehead atoms. The van der Waals surface area contributed by atoms with Gasteiger partial charge in [-0.1, -0.05) is 19.8 Å². The Labute approximate surface area is 109 Å². The Balaban J connectivity index is 1.94. The van der Waals surface area contributed by atoms with Crippen molar-refractivity contribution < 1.29 is 4.79 Å². The van der Waals surface area contributed by atoms with Crippen molar-refractivity contribution in [1.82, 2.24) is 15.1 Å². The molecule has 1 atom stereocenters. The average molecular weight is 249 g/mol. The van der Waals surface area contributed by atoms with Crippen LogP contribution >= 0.6 is 0 Å². The number of aromatic nitrogens is 2. The number of hydrogen-bond acceptors (Lipinski definition) is 2. The van der Waals surface area contributed by atoms with Gasteiger partial charge in [0.1, 0.15) is 0 Å². The molecule has 1 aliphatic rings. The Morgan fingerprint density at radius 2 is 2.33 bits per heavy atom. The number of unbranched alkanes of at least 4 members (excludes halogenated alkanes) is 1. The first-order chi connectivity index (χ1) is 8.59. The predicted octanol–water partition coefficient (Wildman–Crippen LogP) is 2.57. The molecule has 4 nitrogen and oxygen atoms in total. The Kier molecular flexibility index (Phi) is 3.73. The second-order valence-corrected chi connectivity index (χ2v) is 5.46. The topological polar surface area (TPSA) is 46.9 Å². The summed E-state index contributed by atoms with van der Waals surface area (Å²) in [4.78, 5) is 12.3. The molecule has 0 spiro atoms. The zero-order valence-corrected chi connectivity index (χ0v) is 11.6. The molecule has 1 N–H and O–H groups in total. The van der Waals surface area contributed by atoms with Crippen molar-refractivity contribution in [3.05, 3.63) is 18.0 Å². The monoisotopic (exact) mass is 249 g/mol. The van der Waals surface area contributed by atoms with Crippen LogP contribution in [0.2, 0.25) is 0 Å². The van der Waals surface area contributed by atoms with E-state index in [1.54, 1.807) is 6.20 Å². The van der Waals surface area contributed by atoms with E-state index in [4.69, 9.17) is 0 Å². The Bertz CT molecular complexity index is 420. The van der Waals surface area contributed by atoms with E-state index in [9.17, 15) is 4.79 Å². The zero-order valence-electron chi connectivity index (χ0n) is 11.6. The van der Waals surface area contributed by atoms with Crippen molar-refractivity contribution in [1.29, 1.82) is 0 Å². The van der Waals surface area contributed by atoms with Gasteiger partial charge in [0.2, 0.25) is 5.91 Å². The van der Waals surface area contributed by atoms with Crippen molar-refractivity contribution in [2.24, 2.45) is 12.5 Å². The highest BCUT2D eigenvalue weighted by molar-refractivity contribution is 5.85. The molecule has 2 rings (SSSR count). The summed E-state index contributed by atoms with van der Waals surface area (Å²) in [7, 11) is 1.90. The van der Waals surface area contributed by atoms with Crippen molar-refractivity contribution in [2.45, 2.75) is 52.0 Å². The average Bonchev–Trinajstić information content (AvgIpc) is 3.02. The van der Waals surface area contributed by atoms with E-state index >= 15 is 0 Å². The van der Waals surface area contributed by atoms with E-state index in [1.165, 1.54) is 0 Å². The minimum absolute atomic E-state index is 0.0316. The number of nitrogens with zero attached hydrogens (tertiary/aromatic N) is 2. The minimum atomic E-state index is -0.0527. The SMILES string of the molecule is CCCCC1(C(=O)NC(C)c2ccnn2C)CC1. The number of hydrogen-bond donors (Lipinski definition) is 1. The second-order valence-electron chi connectivity index (χ2n) is 5.46. The van der Waals surface area contributed by atoms with E-state index in [-0.39, 0.29) is 17.4 Å². The maximum Gasteiger partial charge on any atom is 0.226 e. The van der Waals surface area contributed by atoms with Gasteiger partial charge in [0, 0.05) is 18.7 Å². The van der Waals surface area contributed by atoms with E-state index < -0.39 is 0 Å². The van der Waals surface area contributed by atoms with Crippen LogP contribution in [-0.4, -0.2) is 15.7 Å². The van der Waals surface area contributed by atoms with Crippen LogP contribution in [0.5, 0.6) is 0 Å². The summed E-state index contributed by atoms with van der Waals surface area (Å²) < 4.78 is 1.82. The summed E-state index contributed by atoms with van der Waals surface area (Å²) >= 11 is 0. The molecule has 1 aromatic heterocycles. The molecule has 1 aliphatic carbocycles. The van der Waals surface area contributed by atoms with Gasteiger partial charge in [0.15, 0.2) is 0 Å². The first kappa shape index (κ1) is 13.1. The molecule has 0 aliphatic heterocycles. The standard InChI is InChI=1S/C14H23N3O/c1-4-5-7-14(8-9-14)13(18)16-11(2)12-6-10-15-17(12)3/h6,10-11H,4-5,7-9H2,1-3H3,(H,16,18). The van der Waals surface area contributed by atoms with E-state index in [0.717, 1.165) is 37.8 Å². The van der Waals surface area contributed by atoms with Gasteiger partial charge in [-0.05, 0) is 32.3 Å². The van der Waals surface area contributed by atoms with E-state index in [0.29, 0.717) is 0 Å². The lowest BCUT2D eigenvalue weighted by Gasteiger charge is -2.19. The van der Waals surface area contributed by atoms with Crippen molar-refractivity contribution >= 4 is 5.91 Å². The fraction of sp³-hybridized carbons (Fsp3) is 0.714. The summed E-state index contributed by atoms with van der Waals surface area (Å²) in [6.07, 6.45) is 7.21. The third-order valence-corrected chi connectivity index (χ3v) is 3.99. The van der Waals surface area contributed by atoms with Gasteiger partial charge in [0.05, 0.1) is 11.7 Å². The smallest absolute Gasteiger partial charge is 0.226 e. The molecule has 1 saturated carbocycles. The number of carbonyl (C=O) groups is 1. The lowest BCUT2D eigenvalue weighted by molar-refractivity contribution is -0.127. The van der Waals surface area contributed by atoms with Gasteiger partial charge in [0.25, 0.3) is 0 Å². The molecule has 1 amide bonds. The Morgan fingerprint density at radius 1 is 1.61 bits per heavy atom. The number of rotatable bonds is 6. The van der Waals surface area contributed by atoms with Gasteiger partial charge in [-0.3, -0.25) is 9.48 Å². The minimum Gasteiger partial charge on any atom is -0.348 e. The largest absolute Gasteiger partial charge is 0.348 e. The maximum atomic E-state index is 12.3. The van der Waals surface area contributed by atoms with Gasteiger partial charge in [-0.2, -0.15) is 5.10 Å².